The first-order valence-electron chi connectivity index (χ1n) is 10.6. The van der Waals surface area contributed by atoms with Crippen molar-refractivity contribution in [2.45, 2.75) is 33.7 Å². The van der Waals surface area contributed by atoms with E-state index >= 15 is 0 Å². The number of hydrogen-bond donors (Lipinski definition) is 2. The van der Waals surface area contributed by atoms with E-state index in [0.29, 0.717) is 37.1 Å². The summed E-state index contributed by atoms with van der Waals surface area (Å²) in [6.07, 6.45) is 1.35. The van der Waals surface area contributed by atoms with Gasteiger partial charge in [0, 0.05) is 16.4 Å². The molecule has 2 heterocycles. The zero-order valence-corrected chi connectivity index (χ0v) is 20.7. The van der Waals surface area contributed by atoms with E-state index in [0.717, 1.165) is 22.5 Å². The van der Waals surface area contributed by atoms with Gasteiger partial charge in [-0.2, -0.15) is 0 Å². The lowest BCUT2D eigenvalue weighted by Gasteiger charge is -2.15. The standard InChI is InChI=1S/C25H23ClN4O3S/c1-13-5-10-19(14(2)11-13)29-23(32)21-15(3)20-24(34-21)27-12-30(25(20)33)16(4)22(31)28-18-8-6-17(26)7-9-18/h5-12,16H,1-4H3,(H,28,31)(H,29,32). The van der Waals surface area contributed by atoms with E-state index in [1.54, 1.807) is 38.1 Å². The quantitative estimate of drug-likeness (QED) is 0.383. The minimum absolute atomic E-state index is 0.299. The topological polar surface area (TPSA) is 93.1 Å². The Hall–Kier alpha value is -3.49. The molecule has 2 aromatic heterocycles. The van der Waals surface area contributed by atoms with Gasteiger partial charge in [-0.1, -0.05) is 29.3 Å². The van der Waals surface area contributed by atoms with E-state index in [9.17, 15) is 14.4 Å². The second kappa shape index (κ2) is 9.40. The maximum Gasteiger partial charge on any atom is 0.266 e. The lowest BCUT2D eigenvalue weighted by Crippen LogP contribution is -2.31. The van der Waals surface area contributed by atoms with Crippen LogP contribution in [0.1, 0.15) is 39.3 Å². The van der Waals surface area contributed by atoms with E-state index in [-0.39, 0.29) is 17.4 Å². The van der Waals surface area contributed by atoms with E-state index in [1.807, 2.05) is 32.0 Å². The van der Waals surface area contributed by atoms with Crippen molar-refractivity contribution in [2.75, 3.05) is 10.6 Å². The van der Waals surface area contributed by atoms with Crippen LogP contribution in [0.15, 0.2) is 53.6 Å². The molecule has 9 heteroatoms. The van der Waals surface area contributed by atoms with Gasteiger partial charge in [0.15, 0.2) is 0 Å². The molecular formula is C25H23ClN4O3S. The minimum Gasteiger partial charge on any atom is -0.324 e. The number of carbonyl (C=O) groups excluding carboxylic acids is 2. The highest BCUT2D eigenvalue weighted by Gasteiger charge is 2.23. The molecule has 2 amide bonds. The summed E-state index contributed by atoms with van der Waals surface area (Å²) in [5.41, 5.74) is 3.51. The third-order valence-electron chi connectivity index (χ3n) is 5.62. The highest BCUT2D eigenvalue weighted by atomic mass is 35.5. The molecule has 0 aliphatic heterocycles. The number of halogens is 1. The highest BCUT2D eigenvalue weighted by Crippen LogP contribution is 2.28. The van der Waals surface area contributed by atoms with Crippen molar-refractivity contribution in [3.05, 3.63) is 85.7 Å². The molecular weight excluding hydrogens is 472 g/mol. The molecule has 0 fully saturated rings. The molecule has 0 bridgehead atoms. The van der Waals surface area contributed by atoms with Gasteiger partial charge in [0.25, 0.3) is 11.5 Å². The Balaban J connectivity index is 1.62. The molecule has 34 heavy (non-hydrogen) atoms. The van der Waals surface area contributed by atoms with Crippen molar-refractivity contribution >= 4 is 56.3 Å². The molecule has 2 aromatic carbocycles. The number of benzene rings is 2. The van der Waals surface area contributed by atoms with Crippen LogP contribution >= 0.6 is 22.9 Å². The van der Waals surface area contributed by atoms with Crippen molar-refractivity contribution in [3.63, 3.8) is 0 Å². The number of amides is 2. The van der Waals surface area contributed by atoms with Crippen LogP contribution in [-0.4, -0.2) is 21.4 Å². The van der Waals surface area contributed by atoms with Crippen molar-refractivity contribution in [1.29, 1.82) is 0 Å². The Morgan fingerprint density at radius 1 is 1.06 bits per heavy atom. The van der Waals surface area contributed by atoms with Crippen LogP contribution in [-0.2, 0) is 4.79 Å². The summed E-state index contributed by atoms with van der Waals surface area (Å²) in [6, 6.07) is 11.7. The van der Waals surface area contributed by atoms with Gasteiger partial charge in [-0.15, -0.1) is 11.3 Å². The lowest BCUT2D eigenvalue weighted by atomic mass is 10.1. The summed E-state index contributed by atoms with van der Waals surface area (Å²) in [4.78, 5) is 44.3. The Morgan fingerprint density at radius 3 is 2.44 bits per heavy atom. The second-order valence-electron chi connectivity index (χ2n) is 8.14. The van der Waals surface area contributed by atoms with Crippen LogP contribution < -0.4 is 16.2 Å². The number of rotatable bonds is 5. The zero-order chi connectivity index (χ0) is 24.6. The zero-order valence-electron chi connectivity index (χ0n) is 19.1. The number of aryl methyl sites for hydroxylation is 3. The van der Waals surface area contributed by atoms with Gasteiger partial charge in [0.05, 0.1) is 16.6 Å². The molecule has 7 nitrogen and oxygen atoms in total. The van der Waals surface area contributed by atoms with Crippen molar-refractivity contribution < 1.29 is 9.59 Å². The summed E-state index contributed by atoms with van der Waals surface area (Å²) < 4.78 is 1.28. The predicted octanol–water partition coefficient (Wildman–Crippen LogP) is 5.49. The summed E-state index contributed by atoms with van der Waals surface area (Å²) >= 11 is 7.04. The molecule has 0 radical (unpaired) electrons. The van der Waals surface area contributed by atoms with Crippen molar-refractivity contribution in [3.8, 4) is 0 Å². The number of anilines is 2. The van der Waals surface area contributed by atoms with Gasteiger partial charge >= 0.3 is 0 Å². The fraction of sp³-hybridized carbons (Fsp3) is 0.200. The van der Waals surface area contributed by atoms with Gasteiger partial charge in [0.2, 0.25) is 5.91 Å². The molecule has 0 aliphatic carbocycles. The molecule has 174 valence electrons. The van der Waals surface area contributed by atoms with Gasteiger partial charge in [-0.05, 0) is 69.2 Å². The fourth-order valence-electron chi connectivity index (χ4n) is 3.67. The van der Waals surface area contributed by atoms with E-state index in [2.05, 4.69) is 15.6 Å². The van der Waals surface area contributed by atoms with Crippen molar-refractivity contribution in [2.24, 2.45) is 0 Å². The first-order valence-corrected chi connectivity index (χ1v) is 11.8. The van der Waals surface area contributed by atoms with Gasteiger partial charge in [0.1, 0.15) is 10.9 Å². The molecule has 0 saturated heterocycles. The average molecular weight is 495 g/mol. The Labute approximate surface area is 205 Å². The van der Waals surface area contributed by atoms with Gasteiger partial charge < -0.3 is 10.6 Å². The summed E-state index contributed by atoms with van der Waals surface area (Å²) in [6.45, 7) is 7.26. The molecule has 1 atom stereocenters. The molecule has 4 rings (SSSR count). The number of thiophene rings is 1. The Bertz CT molecular complexity index is 1470. The predicted molar refractivity (Wildman–Crippen MR) is 137 cm³/mol. The number of nitrogens with one attached hydrogen (secondary N) is 2. The molecule has 1 unspecified atom stereocenters. The SMILES string of the molecule is Cc1ccc(NC(=O)c2sc3ncn(C(C)C(=O)Nc4ccc(Cl)cc4)c(=O)c3c2C)c(C)c1. The minimum atomic E-state index is -0.813. The van der Waals surface area contributed by atoms with Crippen LogP contribution in [0.25, 0.3) is 10.2 Å². The van der Waals surface area contributed by atoms with E-state index < -0.39 is 6.04 Å². The third kappa shape index (κ3) is 4.60. The first kappa shape index (κ1) is 23.7. The van der Waals surface area contributed by atoms with Crippen LogP contribution in [0, 0.1) is 20.8 Å². The third-order valence-corrected chi connectivity index (χ3v) is 7.07. The molecule has 0 spiro atoms. The molecule has 4 aromatic rings. The van der Waals surface area contributed by atoms with Gasteiger partial charge in [-0.3, -0.25) is 19.0 Å². The number of aromatic nitrogens is 2. The van der Waals surface area contributed by atoms with Crippen molar-refractivity contribution in [1.82, 2.24) is 9.55 Å². The van der Waals surface area contributed by atoms with E-state index in [4.69, 9.17) is 11.6 Å². The Kier molecular flexibility index (Phi) is 6.54. The molecule has 0 aliphatic rings. The largest absolute Gasteiger partial charge is 0.324 e. The highest BCUT2D eigenvalue weighted by molar-refractivity contribution is 7.20. The normalized spacial score (nSPS) is 11.9. The molecule has 0 saturated carbocycles. The molecule has 2 N–H and O–H groups in total. The van der Waals surface area contributed by atoms with Crippen LogP contribution in [0.3, 0.4) is 0 Å². The smallest absolute Gasteiger partial charge is 0.266 e. The van der Waals surface area contributed by atoms with Crippen LogP contribution in [0.2, 0.25) is 5.02 Å². The fourth-order valence-corrected chi connectivity index (χ4v) is 4.83. The van der Waals surface area contributed by atoms with Crippen LogP contribution in [0.4, 0.5) is 11.4 Å². The summed E-state index contributed by atoms with van der Waals surface area (Å²) in [5, 5.41) is 6.59. The number of carbonyl (C=O) groups is 2. The number of hydrogen-bond acceptors (Lipinski definition) is 5. The number of nitrogens with zero attached hydrogens (tertiary/aromatic N) is 2. The second-order valence-corrected chi connectivity index (χ2v) is 9.57. The van der Waals surface area contributed by atoms with E-state index in [1.165, 1.54) is 10.9 Å². The average Bonchev–Trinajstić information content (AvgIpc) is 3.14. The monoisotopic (exact) mass is 494 g/mol. The summed E-state index contributed by atoms with van der Waals surface area (Å²) in [7, 11) is 0. The summed E-state index contributed by atoms with van der Waals surface area (Å²) in [5.74, 6) is -0.668. The maximum absolute atomic E-state index is 13.3. The Morgan fingerprint density at radius 2 is 1.76 bits per heavy atom. The van der Waals surface area contributed by atoms with Crippen LogP contribution in [0.5, 0.6) is 0 Å². The lowest BCUT2D eigenvalue weighted by molar-refractivity contribution is -0.118. The first-order chi connectivity index (χ1) is 16.2. The maximum atomic E-state index is 13.3. The number of fused-ring (bicyclic) bond motifs is 1. The van der Waals surface area contributed by atoms with Gasteiger partial charge in [-0.25, -0.2) is 4.98 Å².